The summed E-state index contributed by atoms with van der Waals surface area (Å²) in [7, 11) is -4.00. The molecule has 25 heavy (non-hydrogen) atoms. The molecular weight excluding hydrogens is 368 g/mol. The summed E-state index contributed by atoms with van der Waals surface area (Å²) in [5.74, 6) is -0.746. The Labute approximate surface area is 149 Å². The van der Waals surface area contributed by atoms with Crippen LogP contribution in [0.4, 0.5) is 11.4 Å². The van der Waals surface area contributed by atoms with Gasteiger partial charge in [0.1, 0.15) is 5.25 Å². The highest BCUT2D eigenvalue weighted by molar-refractivity contribution is 7.92. The fraction of sp³-hybridized carbons (Fsp3) is 0.188. The van der Waals surface area contributed by atoms with Crippen LogP contribution in [0.2, 0.25) is 5.02 Å². The first-order valence-electron chi connectivity index (χ1n) is 7.18. The van der Waals surface area contributed by atoms with Gasteiger partial charge in [0.25, 0.3) is 5.69 Å². The molecule has 0 bridgehead atoms. The number of halogens is 1. The number of amides is 1. The molecule has 0 spiro atoms. The summed E-state index contributed by atoms with van der Waals surface area (Å²) >= 11 is 6.03. The van der Waals surface area contributed by atoms with Crippen molar-refractivity contribution in [3.05, 3.63) is 63.2 Å². The summed E-state index contributed by atoms with van der Waals surface area (Å²) in [5, 5.41) is 12.0. The lowest BCUT2D eigenvalue weighted by atomic mass is 10.2. The smallest absolute Gasteiger partial charge is 0.269 e. The zero-order valence-corrected chi connectivity index (χ0v) is 15.0. The molecule has 1 amide bonds. The number of carbonyl (C=O) groups is 1. The first-order valence-corrected chi connectivity index (χ1v) is 9.10. The molecule has 0 heterocycles. The number of carbonyl (C=O) groups excluding carboxylic acids is 1. The van der Waals surface area contributed by atoms with Gasteiger partial charge in [-0.25, -0.2) is 8.42 Å². The molecule has 0 fully saturated rings. The Hall–Kier alpha value is -2.45. The van der Waals surface area contributed by atoms with E-state index in [1.807, 2.05) is 6.92 Å². The lowest BCUT2D eigenvalue weighted by molar-refractivity contribution is -0.384. The number of hydrogen-bond acceptors (Lipinski definition) is 5. The summed E-state index contributed by atoms with van der Waals surface area (Å²) in [6, 6.07) is 9.33. The Morgan fingerprint density at radius 2 is 1.80 bits per heavy atom. The van der Waals surface area contributed by atoms with Gasteiger partial charge in [0.2, 0.25) is 5.91 Å². The van der Waals surface area contributed by atoms with Crippen LogP contribution in [0.1, 0.15) is 12.5 Å². The van der Waals surface area contributed by atoms with E-state index < -0.39 is 25.9 Å². The van der Waals surface area contributed by atoms with Crippen molar-refractivity contribution in [3.8, 4) is 0 Å². The highest BCUT2D eigenvalue weighted by atomic mass is 35.5. The van der Waals surface area contributed by atoms with Crippen molar-refractivity contribution >= 4 is 38.7 Å². The number of hydrogen-bond donors (Lipinski definition) is 1. The zero-order chi connectivity index (χ0) is 18.8. The van der Waals surface area contributed by atoms with Crippen LogP contribution in [0.15, 0.2) is 47.4 Å². The van der Waals surface area contributed by atoms with Gasteiger partial charge in [-0.1, -0.05) is 17.7 Å². The summed E-state index contributed by atoms with van der Waals surface area (Å²) in [6.07, 6.45) is 0. The highest BCUT2D eigenvalue weighted by Crippen LogP contribution is 2.25. The predicted octanol–water partition coefficient (Wildman–Crippen LogP) is 3.36. The lowest BCUT2D eigenvalue weighted by Crippen LogP contribution is -2.32. The number of sulfone groups is 1. The maximum absolute atomic E-state index is 12.5. The van der Waals surface area contributed by atoms with E-state index in [1.54, 1.807) is 18.2 Å². The van der Waals surface area contributed by atoms with Gasteiger partial charge in [0.05, 0.1) is 20.5 Å². The number of rotatable bonds is 5. The van der Waals surface area contributed by atoms with Gasteiger partial charge >= 0.3 is 0 Å². The average Bonchev–Trinajstić information content (AvgIpc) is 2.56. The van der Waals surface area contributed by atoms with E-state index in [4.69, 9.17) is 11.6 Å². The molecule has 9 heteroatoms. The number of nitro groups is 1. The first-order chi connectivity index (χ1) is 11.6. The van der Waals surface area contributed by atoms with Crippen LogP contribution in [-0.4, -0.2) is 24.5 Å². The van der Waals surface area contributed by atoms with Gasteiger partial charge in [-0.3, -0.25) is 14.9 Å². The van der Waals surface area contributed by atoms with E-state index in [0.717, 1.165) is 29.8 Å². The van der Waals surface area contributed by atoms with Gasteiger partial charge in [-0.05, 0) is 43.7 Å². The van der Waals surface area contributed by atoms with E-state index in [1.165, 1.54) is 6.92 Å². The molecule has 0 saturated heterocycles. The van der Waals surface area contributed by atoms with Gasteiger partial charge in [-0.15, -0.1) is 0 Å². The second-order valence-electron chi connectivity index (χ2n) is 5.41. The van der Waals surface area contributed by atoms with Crippen molar-refractivity contribution in [2.24, 2.45) is 0 Å². The fourth-order valence-corrected chi connectivity index (χ4v) is 3.61. The van der Waals surface area contributed by atoms with Crippen LogP contribution < -0.4 is 5.32 Å². The lowest BCUT2D eigenvalue weighted by Gasteiger charge is -2.14. The third-order valence-electron chi connectivity index (χ3n) is 3.59. The highest BCUT2D eigenvalue weighted by Gasteiger charge is 2.30. The number of non-ortho nitro benzene ring substituents is 1. The van der Waals surface area contributed by atoms with E-state index >= 15 is 0 Å². The Morgan fingerprint density at radius 1 is 1.20 bits per heavy atom. The summed E-state index contributed by atoms with van der Waals surface area (Å²) in [6.45, 7) is 3.08. The molecule has 7 nitrogen and oxygen atoms in total. The van der Waals surface area contributed by atoms with E-state index in [0.29, 0.717) is 10.7 Å². The molecule has 2 aromatic rings. The molecule has 0 saturated carbocycles. The minimum Gasteiger partial charge on any atom is -0.324 e. The molecule has 0 aliphatic carbocycles. The van der Waals surface area contributed by atoms with Crippen LogP contribution in [0.5, 0.6) is 0 Å². The largest absolute Gasteiger partial charge is 0.324 e. The number of anilines is 1. The Bertz CT molecular complexity index is 926. The average molecular weight is 383 g/mol. The third-order valence-corrected chi connectivity index (χ3v) is 5.98. The second kappa shape index (κ2) is 7.20. The van der Waals surface area contributed by atoms with E-state index in [9.17, 15) is 23.3 Å². The maximum Gasteiger partial charge on any atom is 0.269 e. The molecule has 132 valence electrons. The van der Waals surface area contributed by atoms with Gasteiger partial charge in [-0.2, -0.15) is 0 Å². The van der Waals surface area contributed by atoms with Crippen LogP contribution in [0.3, 0.4) is 0 Å². The van der Waals surface area contributed by atoms with Crippen LogP contribution in [0, 0.1) is 17.0 Å². The van der Waals surface area contributed by atoms with Crippen molar-refractivity contribution in [3.63, 3.8) is 0 Å². The Morgan fingerprint density at radius 3 is 2.32 bits per heavy atom. The molecule has 0 aliphatic heterocycles. The molecule has 0 radical (unpaired) electrons. The molecule has 0 unspecified atom stereocenters. The van der Waals surface area contributed by atoms with Crippen molar-refractivity contribution < 1.29 is 18.1 Å². The van der Waals surface area contributed by atoms with Crippen molar-refractivity contribution in [2.45, 2.75) is 24.0 Å². The molecule has 1 N–H and O–H groups in total. The normalized spacial score (nSPS) is 12.4. The fourth-order valence-electron chi connectivity index (χ4n) is 2.06. The van der Waals surface area contributed by atoms with Gasteiger partial charge < -0.3 is 5.32 Å². The molecule has 2 rings (SSSR count). The predicted molar refractivity (Wildman–Crippen MR) is 94.6 cm³/mol. The Balaban J connectivity index is 2.23. The van der Waals surface area contributed by atoms with E-state index in [2.05, 4.69) is 5.32 Å². The van der Waals surface area contributed by atoms with Crippen LogP contribution in [0.25, 0.3) is 0 Å². The summed E-state index contributed by atoms with van der Waals surface area (Å²) in [5.41, 5.74) is 0.972. The minimum absolute atomic E-state index is 0.171. The first kappa shape index (κ1) is 18.9. The zero-order valence-electron chi connectivity index (χ0n) is 13.4. The van der Waals surface area contributed by atoms with Gasteiger partial charge in [0, 0.05) is 12.1 Å². The van der Waals surface area contributed by atoms with Crippen LogP contribution in [-0.2, 0) is 14.6 Å². The minimum atomic E-state index is -4.00. The quantitative estimate of drug-likeness (QED) is 0.630. The topological polar surface area (TPSA) is 106 Å². The number of nitrogens with one attached hydrogen (secondary N) is 1. The number of aryl methyl sites for hydroxylation is 1. The monoisotopic (exact) mass is 382 g/mol. The van der Waals surface area contributed by atoms with Crippen molar-refractivity contribution in [1.29, 1.82) is 0 Å². The molecule has 1 atom stereocenters. The standard InChI is InChI=1S/C16H15ClN2O5S/c1-10-3-8-15(14(17)9-10)18-16(20)11(2)25(23,24)13-6-4-12(5-7-13)19(21)22/h3-9,11H,1-2H3,(H,18,20)/t11-/m0/s1. The number of nitrogens with zero attached hydrogens (tertiary/aromatic N) is 1. The molecule has 2 aromatic carbocycles. The number of nitro benzene ring substituents is 1. The van der Waals surface area contributed by atoms with E-state index in [-0.39, 0.29) is 10.6 Å². The Kier molecular flexibility index (Phi) is 5.44. The van der Waals surface area contributed by atoms with Crippen molar-refractivity contribution in [2.75, 3.05) is 5.32 Å². The maximum atomic E-state index is 12.5. The number of benzene rings is 2. The summed E-state index contributed by atoms with van der Waals surface area (Å²) < 4.78 is 25.0. The molecular formula is C16H15ClN2O5S. The SMILES string of the molecule is Cc1ccc(NC(=O)[C@H](C)S(=O)(=O)c2ccc([N+](=O)[O-])cc2)c(Cl)c1. The van der Waals surface area contributed by atoms with Crippen molar-refractivity contribution in [1.82, 2.24) is 0 Å². The summed E-state index contributed by atoms with van der Waals surface area (Å²) in [4.78, 5) is 22.1. The second-order valence-corrected chi connectivity index (χ2v) is 8.09. The third kappa shape index (κ3) is 4.15. The molecule has 0 aromatic heterocycles. The molecule has 0 aliphatic rings. The van der Waals surface area contributed by atoms with Crippen LogP contribution >= 0.6 is 11.6 Å². The van der Waals surface area contributed by atoms with Gasteiger partial charge in [0.15, 0.2) is 9.84 Å².